The maximum Gasteiger partial charge on any atom is 0.334 e. The van der Waals surface area contributed by atoms with Crippen LogP contribution in [0.5, 0.6) is 0 Å². The third-order valence-electron chi connectivity index (χ3n) is 2.93. The van der Waals surface area contributed by atoms with E-state index in [-0.39, 0.29) is 11.3 Å². The zero-order valence-corrected chi connectivity index (χ0v) is 11.8. The molecule has 2 aromatic carbocycles. The Hall–Kier alpha value is -3.15. The van der Waals surface area contributed by atoms with E-state index in [4.69, 9.17) is 0 Å². The number of rotatable bonds is 2. The Kier molecular flexibility index (Phi) is 4.53. The summed E-state index contributed by atoms with van der Waals surface area (Å²) in [5, 5.41) is 13.2. The highest BCUT2D eigenvalue weighted by Crippen LogP contribution is 2.13. The van der Waals surface area contributed by atoms with Crippen molar-refractivity contribution in [3.8, 4) is 0 Å². The van der Waals surface area contributed by atoms with Crippen LogP contribution in [0.1, 0.15) is 15.9 Å². The van der Waals surface area contributed by atoms with E-state index in [2.05, 4.69) is 0 Å². The first kappa shape index (κ1) is 15.2. The summed E-state index contributed by atoms with van der Waals surface area (Å²) in [4.78, 5) is 35.5. The van der Waals surface area contributed by atoms with Crippen molar-refractivity contribution in [2.24, 2.45) is 0 Å². The second-order valence-electron chi connectivity index (χ2n) is 4.56. The number of anilines is 1. The number of nitrogens with zero attached hydrogens (tertiary/aromatic N) is 1. The van der Waals surface area contributed by atoms with Gasteiger partial charge >= 0.3 is 6.03 Å². The van der Waals surface area contributed by atoms with Gasteiger partial charge in [0.1, 0.15) is 6.09 Å². The van der Waals surface area contributed by atoms with Gasteiger partial charge in [0.25, 0.3) is 5.91 Å². The third-order valence-corrected chi connectivity index (χ3v) is 2.93. The Balaban J connectivity index is 2.17. The van der Waals surface area contributed by atoms with Crippen molar-refractivity contribution < 1.29 is 19.5 Å². The number of para-hydroxylation sites is 1. The van der Waals surface area contributed by atoms with Gasteiger partial charge in [-0.1, -0.05) is 35.9 Å². The lowest BCUT2D eigenvalue weighted by molar-refractivity contribution is -0.245. The molecular formula is C16H13N2O4-. The Morgan fingerprint density at radius 3 is 2.09 bits per heavy atom. The fourth-order valence-electron chi connectivity index (χ4n) is 1.81. The lowest BCUT2D eigenvalue weighted by atomic mass is 10.1. The lowest BCUT2D eigenvalue weighted by Crippen LogP contribution is -2.51. The molecule has 22 heavy (non-hydrogen) atoms. The predicted molar refractivity (Wildman–Crippen MR) is 78.4 cm³/mol. The summed E-state index contributed by atoms with van der Waals surface area (Å²) < 4.78 is 0. The summed E-state index contributed by atoms with van der Waals surface area (Å²) in [7, 11) is 0. The van der Waals surface area contributed by atoms with Crippen LogP contribution in [-0.2, 0) is 0 Å². The molecule has 2 aromatic rings. The van der Waals surface area contributed by atoms with Crippen LogP contribution in [0.15, 0.2) is 54.6 Å². The molecule has 0 bridgehead atoms. The summed E-state index contributed by atoms with van der Waals surface area (Å²) in [6.07, 6.45) is -1.72. The van der Waals surface area contributed by atoms with Gasteiger partial charge in [-0.15, -0.1) is 0 Å². The summed E-state index contributed by atoms with van der Waals surface area (Å²) in [6, 6.07) is 13.1. The number of hydrogen-bond acceptors (Lipinski definition) is 4. The van der Waals surface area contributed by atoms with Crippen molar-refractivity contribution in [1.82, 2.24) is 5.32 Å². The van der Waals surface area contributed by atoms with Gasteiger partial charge in [-0.3, -0.25) is 10.1 Å². The van der Waals surface area contributed by atoms with Gasteiger partial charge in [-0.05, 0) is 31.2 Å². The van der Waals surface area contributed by atoms with Gasteiger partial charge in [0, 0.05) is 5.56 Å². The van der Waals surface area contributed by atoms with Crippen LogP contribution in [0.3, 0.4) is 0 Å². The third kappa shape index (κ3) is 3.49. The highest BCUT2D eigenvalue weighted by Gasteiger charge is 2.19. The van der Waals surface area contributed by atoms with Gasteiger partial charge in [0.15, 0.2) is 0 Å². The molecule has 0 aliphatic carbocycles. The van der Waals surface area contributed by atoms with Crippen LogP contribution >= 0.6 is 0 Å². The van der Waals surface area contributed by atoms with Gasteiger partial charge in [0.05, 0.1) is 5.69 Å². The number of carbonyl (C=O) groups is 3. The molecule has 6 nitrogen and oxygen atoms in total. The standard InChI is InChI=1S/C16H14N2O4/c1-11-7-9-12(10-8-11)14(19)17-15(20)18(16(21)22)13-5-3-2-4-6-13/h2-10H,1H3,(H,21,22)(H,17,19,20)/p-1. The molecule has 0 spiro atoms. The molecule has 0 aromatic heterocycles. The van der Waals surface area contributed by atoms with E-state index in [0.717, 1.165) is 5.56 Å². The number of carboxylic acid groups (broad SMARTS) is 1. The van der Waals surface area contributed by atoms with Crippen molar-refractivity contribution in [2.45, 2.75) is 6.92 Å². The largest absolute Gasteiger partial charge is 0.529 e. The van der Waals surface area contributed by atoms with Crippen LogP contribution in [-0.4, -0.2) is 18.0 Å². The zero-order valence-electron chi connectivity index (χ0n) is 11.8. The number of nitrogens with one attached hydrogen (secondary N) is 1. The number of carbonyl (C=O) groups excluding carboxylic acids is 3. The van der Waals surface area contributed by atoms with Crippen LogP contribution in [0.2, 0.25) is 0 Å². The maximum atomic E-state index is 12.0. The minimum atomic E-state index is -1.72. The summed E-state index contributed by atoms with van der Waals surface area (Å²) in [5.41, 5.74) is 1.31. The van der Waals surface area contributed by atoms with Crippen LogP contribution in [0, 0.1) is 6.92 Å². The minimum Gasteiger partial charge on any atom is -0.529 e. The van der Waals surface area contributed by atoms with Crippen molar-refractivity contribution in [2.75, 3.05) is 4.90 Å². The SMILES string of the molecule is Cc1ccc(C(=O)NC(=O)N(C(=O)[O-])c2ccccc2)cc1. The smallest absolute Gasteiger partial charge is 0.334 e. The van der Waals surface area contributed by atoms with Gasteiger partial charge in [-0.2, -0.15) is 0 Å². The molecule has 0 aliphatic rings. The average molecular weight is 297 g/mol. The monoisotopic (exact) mass is 297 g/mol. The van der Waals surface area contributed by atoms with Crippen molar-refractivity contribution >= 4 is 23.7 Å². The summed E-state index contributed by atoms with van der Waals surface area (Å²) >= 11 is 0. The molecule has 6 heteroatoms. The first-order chi connectivity index (χ1) is 10.5. The number of benzene rings is 2. The van der Waals surface area contributed by atoms with Crippen LogP contribution < -0.4 is 15.3 Å². The van der Waals surface area contributed by atoms with E-state index < -0.39 is 18.0 Å². The Morgan fingerprint density at radius 2 is 1.55 bits per heavy atom. The second kappa shape index (κ2) is 6.53. The van der Waals surface area contributed by atoms with Gasteiger partial charge in [0.2, 0.25) is 0 Å². The predicted octanol–water partition coefficient (Wildman–Crippen LogP) is 1.69. The first-order valence-electron chi connectivity index (χ1n) is 6.47. The van der Waals surface area contributed by atoms with Crippen molar-refractivity contribution in [3.05, 3.63) is 65.7 Å². The summed E-state index contributed by atoms with van der Waals surface area (Å²) in [5.74, 6) is -0.688. The molecular weight excluding hydrogens is 284 g/mol. The topological polar surface area (TPSA) is 89.5 Å². The highest BCUT2D eigenvalue weighted by atomic mass is 16.4. The molecule has 0 fully saturated rings. The minimum absolute atomic E-state index is 0.0942. The Labute approximate surface area is 127 Å². The number of imide groups is 2. The number of urea groups is 1. The number of hydrogen-bond donors (Lipinski definition) is 1. The van der Waals surface area contributed by atoms with E-state index in [1.165, 1.54) is 12.1 Å². The highest BCUT2D eigenvalue weighted by molar-refractivity contribution is 6.16. The fraction of sp³-hybridized carbons (Fsp3) is 0.0625. The molecule has 0 saturated carbocycles. The quantitative estimate of drug-likeness (QED) is 0.913. The fourth-order valence-corrected chi connectivity index (χ4v) is 1.81. The van der Waals surface area contributed by atoms with Crippen LogP contribution in [0.4, 0.5) is 15.3 Å². The van der Waals surface area contributed by atoms with Crippen molar-refractivity contribution in [1.29, 1.82) is 0 Å². The van der Waals surface area contributed by atoms with E-state index >= 15 is 0 Å². The maximum absolute atomic E-state index is 12.0. The first-order valence-corrected chi connectivity index (χ1v) is 6.47. The molecule has 0 radical (unpaired) electrons. The molecule has 0 atom stereocenters. The molecule has 0 unspecified atom stereocenters. The molecule has 1 N–H and O–H groups in total. The zero-order chi connectivity index (χ0) is 16.1. The van der Waals surface area contributed by atoms with E-state index in [1.54, 1.807) is 42.5 Å². The molecule has 0 saturated heterocycles. The van der Waals surface area contributed by atoms with Gasteiger partial charge < -0.3 is 9.90 Å². The molecule has 2 rings (SSSR count). The van der Waals surface area contributed by atoms with Crippen LogP contribution in [0.25, 0.3) is 0 Å². The normalized spacial score (nSPS) is 9.86. The number of aryl methyl sites for hydroxylation is 1. The Morgan fingerprint density at radius 1 is 0.955 bits per heavy atom. The van der Waals surface area contributed by atoms with E-state index in [0.29, 0.717) is 4.90 Å². The molecule has 4 amide bonds. The number of amides is 4. The summed E-state index contributed by atoms with van der Waals surface area (Å²) in [6.45, 7) is 1.86. The molecule has 0 aliphatic heterocycles. The molecule has 0 heterocycles. The van der Waals surface area contributed by atoms with Gasteiger partial charge in [-0.25, -0.2) is 9.69 Å². The Bertz CT molecular complexity index is 696. The van der Waals surface area contributed by atoms with Crippen molar-refractivity contribution in [3.63, 3.8) is 0 Å². The van der Waals surface area contributed by atoms with E-state index in [1.807, 2.05) is 12.2 Å². The average Bonchev–Trinajstić information content (AvgIpc) is 2.48. The van der Waals surface area contributed by atoms with E-state index in [9.17, 15) is 19.5 Å². The molecule has 112 valence electrons. The second-order valence-corrected chi connectivity index (χ2v) is 4.56. The lowest BCUT2D eigenvalue weighted by Gasteiger charge is -2.22.